The number of rotatable bonds is 5. The lowest BCUT2D eigenvalue weighted by atomic mass is 10.1. The average Bonchev–Trinajstić information content (AvgIpc) is 2.47. The first kappa shape index (κ1) is 14.1. The van der Waals surface area contributed by atoms with Crippen molar-refractivity contribution >= 4 is 5.91 Å². The molecule has 0 unspecified atom stereocenters. The fraction of sp³-hybridized carbons (Fsp3) is 0.188. The summed E-state index contributed by atoms with van der Waals surface area (Å²) in [6, 6.07) is 15.8. The third-order valence-electron chi connectivity index (χ3n) is 3.04. The van der Waals surface area contributed by atoms with Crippen LogP contribution in [0.1, 0.15) is 11.1 Å². The number of nitrogens with two attached hydrogens (primary N) is 1. The predicted octanol–water partition coefficient (Wildman–Crippen LogP) is 1.58. The Bertz CT molecular complexity index is 552. The van der Waals surface area contributed by atoms with Gasteiger partial charge in [0.05, 0.1) is 6.04 Å². The SMILES string of the molecule is N[C@H](Cc1ccccc1)C(=O)NCc1ccc(O)cc1. The van der Waals surface area contributed by atoms with Crippen LogP contribution >= 0.6 is 0 Å². The van der Waals surface area contributed by atoms with Gasteiger partial charge in [0.2, 0.25) is 5.91 Å². The van der Waals surface area contributed by atoms with Crippen LogP contribution < -0.4 is 11.1 Å². The van der Waals surface area contributed by atoms with Crippen molar-refractivity contribution in [3.8, 4) is 5.75 Å². The molecule has 0 heterocycles. The van der Waals surface area contributed by atoms with E-state index >= 15 is 0 Å². The van der Waals surface area contributed by atoms with Gasteiger partial charge in [-0.25, -0.2) is 0 Å². The third kappa shape index (κ3) is 4.10. The van der Waals surface area contributed by atoms with Crippen LogP contribution in [0.15, 0.2) is 54.6 Å². The van der Waals surface area contributed by atoms with E-state index in [-0.39, 0.29) is 11.7 Å². The zero-order chi connectivity index (χ0) is 14.4. The molecule has 0 spiro atoms. The smallest absolute Gasteiger partial charge is 0.237 e. The minimum atomic E-state index is -0.561. The van der Waals surface area contributed by atoms with Gasteiger partial charge in [-0.2, -0.15) is 0 Å². The predicted molar refractivity (Wildman–Crippen MR) is 78.1 cm³/mol. The number of phenols is 1. The number of hydrogen-bond donors (Lipinski definition) is 3. The van der Waals surface area contributed by atoms with E-state index < -0.39 is 6.04 Å². The van der Waals surface area contributed by atoms with Crippen molar-refractivity contribution in [3.05, 3.63) is 65.7 Å². The largest absolute Gasteiger partial charge is 0.508 e. The molecule has 1 amide bonds. The van der Waals surface area contributed by atoms with Crippen LogP contribution in [-0.4, -0.2) is 17.1 Å². The molecule has 4 heteroatoms. The summed E-state index contributed by atoms with van der Waals surface area (Å²) < 4.78 is 0. The quantitative estimate of drug-likeness (QED) is 0.772. The van der Waals surface area contributed by atoms with E-state index in [0.717, 1.165) is 11.1 Å². The van der Waals surface area contributed by atoms with Crippen LogP contribution in [-0.2, 0) is 17.8 Å². The van der Waals surface area contributed by atoms with E-state index in [0.29, 0.717) is 13.0 Å². The number of phenolic OH excluding ortho intramolecular Hbond substituents is 1. The summed E-state index contributed by atoms with van der Waals surface area (Å²) in [5.41, 5.74) is 7.85. The Balaban J connectivity index is 1.83. The first-order valence-electron chi connectivity index (χ1n) is 6.50. The first-order valence-corrected chi connectivity index (χ1v) is 6.50. The number of carbonyl (C=O) groups is 1. The fourth-order valence-electron chi connectivity index (χ4n) is 1.89. The molecule has 0 aliphatic rings. The van der Waals surface area contributed by atoms with E-state index in [9.17, 15) is 9.90 Å². The van der Waals surface area contributed by atoms with Crippen molar-refractivity contribution in [2.45, 2.75) is 19.0 Å². The molecule has 0 radical (unpaired) electrons. The summed E-state index contributed by atoms with van der Waals surface area (Å²) in [7, 11) is 0. The van der Waals surface area contributed by atoms with Crippen molar-refractivity contribution in [3.63, 3.8) is 0 Å². The highest BCUT2D eigenvalue weighted by Gasteiger charge is 2.13. The van der Waals surface area contributed by atoms with Crippen molar-refractivity contribution < 1.29 is 9.90 Å². The van der Waals surface area contributed by atoms with E-state index in [1.165, 1.54) is 0 Å². The van der Waals surface area contributed by atoms with E-state index in [4.69, 9.17) is 5.73 Å². The van der Waals surface area contributed by atoms with Gasteiger partial charge >= 0.3 is 0 Å². The van der Waals surface area contributed by atoms with Gasteiger partial charge < -0.3 is 16.2 Å². The summed E-state index contributed by atoms with van der Waals surface area (Å²) in [5.74, 6) is 0.0304. The topological polar surface area (TPSA) is 75.4 Å². The zero-order valence-electron chi connectivity index (χ0n) is 11.1. The molecule has 0 aliphatic heterocycles. The average molecular weight is 270 g/mol. The Morgan fingerprint density at radius 2 is 1.70 bits per heavy atom. The molecular formula is C16H18N2O2. The van der Waals surface area contributed by atoms with Crippen LogP contribution in [0.5, 0.6) is 5.75 Å². The maximum absolute atomic E-state index is 11.9. The highest BCUT2D eigenvalue weighted by molar-refractivity contribution is 5.81. The van der Waals surface area contributed by atoms with Crippen LogP contribution in [0, 0.1) is 0 Å². The molecule has 20 heavy (non-hydrogen) atoms. The zero-order valence-corrected chi connectivity index (χ0v) is 11.1. The van der Waals surface area contributed by atoms with Gasteiger partial charge in [0.25, 0.3) is 0 Å². The Hall–Kier alpha value is -2.33. The Labute approximate surface area is 118 Å². The second-order valence-electron chi connectivity index (χ2n) is 4.68. The van der Waals surface area contributed by atoms with Gasteiger partial charge in [0, 0.05) is 6.54 Å². The van der Waals surface area contributed by atoms with Gasteiger partial charge in [-0.15, -0.1) is 0 Å². The molecule has 0 saturated heterocycles. The standard InChI is InChI=1S/C16H18N2O2/c17-15(10-12-4-2-1-3-5-12)16(20)18-11-13-6-8-14(19)9-7-13/h1-9,15,19H,10-11,17H2,(H,18,20)/t15-/m1/s1. The van der Waals surface area contributed by atoms with Crippen LogP contribution in [0.4, 0.5) is 0 Å². The van der Waals surface area contributed by atoms with Gasteiger partial charge in [-0.05, 0) is 29.7 Å². The van der Waals surface area contributed by atoms with Crippen LogP contribution in [0.2, 0.25) is 0 Å². The molecule has 0 saturated carbocycles. The molecule has 1 atom stereocenters. The van der Waals surface area contributed by atoms with E-state index in [2.05, 4.69) is 5.32 Å². The van der Waals surface area contributed by atoms with E-state index in [1.54, 1.807) is 24.3 Å². The second kappa shape index (κ2) is 6.73. The number of hydrogen-bond acceptors (Lipinski definition) is 3. The summed E-state index contributed by atoms with van der Waals surface area (Å²) in [4.78, 5) is 11.9. The molecule has 0 aromatic heterocycles. The number of carbonyl (C=O) groups excluding carboxylic acids is 1. The molecule has 2 aromatic carbocycles. The molecule has 4 N–H and O–H groups in total. The monoisotopic (exact) mass is 270 g/mol. The maximum Gasteiger partial charge on any atom is 0.237 e. The molecule has 0 aliphatic carbocycles. The first-order chi connectivity index (χ1) is 9.65. The summed E-state index contributed by atoms with van der Waals surface area (Å²) in [5, 5.41) is 12.0. The minimum Gasteiger partial charge on any atom is -0.508 e. The van der Waals surface area contributed by atoms with Crippen LogP contribution in [0.25, 0.3) is 0 Å². The Kier molecular flexibility index (Phi) is 4.74. The summed E-state index contributed by atoms with van der Waals surface area (Å²) in [6.07, 6.45) is 0.516. The van der Waals surface area contributed by atoms with Gasteiger partial charge in [-0.3, -0.25) is 4.79 Å². The van der Waals surface area contributed by atoms with E-state index in [1.807, 2.05) is 30.3 Å². The molecule has 0 bridgehead atoms. The number of nitrogens with one attached hydrogen (secondary N) is 1. The van der Waals surface area contributed by atoms with Crippen molar-refractivity contribution in [1.82, 2.24) is 5.32 Å². The van der Waals surface area contributed by atoms with Crippen molar-refractivity contribution in [2.75, 3.05) is 0 Å². The Morgan fingerprint density at radius 1 is 1.05 bits per heavy atom. The lowest BCUT2D eigenvalue weighted by molar-refractivity contribution is -0.122. The fourth-order valence-corrected chi connectivity index (χ4v) is 1.89. The molecule has 2 aromatic rings. The van der Waals surface area contributed by atoms with Crippen molar-refractivity contribution in [1.29, 1.82) is 0 Å². The molecular weight excluding hydrogens is 252 g/mol. The number of aromatic hydroxyl groups is 1. The normalized spacial score (nSPS) is 11.8. The molecule has 0 fully saturated rings. The lowest BCUT2D eigenvalue weighted by Crippen LogP contribution is -2.41. The molecule has 2 rings (SSSR count). The highest BCUT2D eigenvalue weighted by atomic mass is 16.3. The summed E-state index contributed by atoms with van der Waals surface area (Å²) in [6.45, 7) is 0.404. The highest BCUT2D eigenvalue weighted by Crippen LogP contribution is 2.09. The number of amides is 1. The molecule has 104 valence electrons. The third-order valence-corrected chi connectivity index (χ3v) is 3.04. The van der Waals surface area contributed by atoms with Crippen molar-refractivity contribution in [2.24, 2.45) is 5.73 Å². The van der Waals surface area contributed by atoms with Crippen LogP contribution in [0.3, 0.4) is 0 Å². The van der Waals surface area contributed by atoms with Gasteiger partial charge in [-0.1, -0.05) is 42.5 Å². The molecule has 4 nitrogen and oxygen atoms in total. The number of benzene rings is 2. The second-order valence-corrected chi connectivity index (χ2v) is 4.68. The van der Waals surface area contributed by atoms with Gasteiger partial charge in [0.15, 0.2) is 0 Å². The van der Waals surface area contributed by atoms with Gasteiger partial charge in [0.1, 0.15) is 5.75 Å². The maximum atomic E-state index is 11.9. The Morgan fingerprint density at radius 3 is 2.35 bits per heavy atom. The lowest BCUT2D eigenvalue weighted by Gasteiger charge is -2.12. The minimum absolute atomic E-state index is 0.179. The summed E-state index contributed by atoms with van der Waals surface area (Å²) >= 11 is 0.